The van der Waals surface area contributed by atoms with Crippen LogP contribution in [0.25, 0.3) is 0 Å². The number of nitrogens with zero attached hydrogens (tertiary/aromatic N) is 4. The molecular formula is C19H25N5O2S. The van der Waals surface area contributed by atoms with Gasteiger partial charge in [-0.25, -0.2) is 9.97 Å². The number of rotatable bonds is 5. The van der Waals surface area contributed by atoms with E-state index in [1.165, 1.54) is 0 Å². The fraction of sp³-hybridized carbons (Fsp3) is 0.474. The van der Waals surface area contributed by atoms with Crippen LogP contribution in [0.15, 0.2) is 29.6 Å². The second-order valence-electron chi connectivity index (χ2n) is 6.96. The minimum absolute atomic E-state index is 0.194. The van der Waals surface area contributed by atoms with Gasteiger partial charge in [0.1, 0.15) is 16.3 Å². The van der Waals surface area contributed by atoms with Crippen LogP contribution in [0.3, 0.4) is 0 Å². The largest absolute Gasteiger partial charge is 0.370 e. The van der Waals surface area contributed by atoms with Gasteiger partial charge in [-0.3, -0.25) is 9.78 Å². The van der Waals surface area contributed by atoms with E-state index in [1.54, 1.807) is 24.2 Å². The lowest BCUT2D eigenvalue weighted by atomic mass is 10.0. The summed E-state index contributed by atoms with van der Waals surface area (Å²) in [4.78, 5) is 27.7. The molecule has 0 saturated carbocycles. The first-order valence-electron chi connectivity index (χ1n) is 8.87. The molecule has 1 aliphatic rings. The average Bonchev–Trinajstić information content (AvgIpc) is 2.68. The first-order valence-corrected chi connectivity index (χ1v) is 10.1. The lowest BCUT2D eigenvalue weighted by Crippen LogP contribution is -2.56. The average molecular weight is 388 g/mol. The molecule has 2 aromatic heterocycles. The minimum Gasteiger partial charge on any atom is -0.370 e. The lowest BCUT2D eigenvalue weighted by molar-refractivity contribution is -0.0397. The Balaban J connectivity index is 1.65. The summed E-state index contributed by atoms with van der Waals surface area (Å²) in [6, 6.07) is 3.70. The lowest BCUT2D eigenvalue weighted by Gasteiger charge is -2.40. The third kappa shape index (κ3) is 4.75. The Bertz CT molecular complexity index is 831. The van der Waals surface area contributed by atoms with Gasteiger partial charge in [-0.1, -0.05) is 0 Å². The molecule has 0 radical (unpaired) electrons. The minimum atomic E-state index is -0.521. The maximum absolute atomic E-state index is 12.5. The van der Waals surface area contributed by atoms with E-state index in [1.807, 2.05) is 39.2 Å². The monoisotopic (exact) mass is 387 g/mol. The normalized spacial score (nSPS) is 19.8. The van der Waals surface area contributed by atoms with Gasteiger partial charge >= 0.3 is 0 Å². The fourth-order valence-electron chi connectivity index (χ4n) is 2.91. The van der Waals surface area contributed by atoms with E-state index >= 15 is 0 Å². The zero-order chi connectivity index (χ0) is 19.4. The molecule has 1 saturated heterocycles. The number of pyridine rings is 1. The molecule has 0 aliphatic carbocycles. The van der Waals surface area contributed by atoms with Crippen molar-refractivity contribution in [2.24, 2.45) is 0 Å². The Morgan fingerprint density at radius 1 is 1.37 bits per heavy atom. The van der Waals surface area contributed by atoms with Gasteiger partial charge in [0.05, 0.1) is 13.2 Å². The summed E-state index contributed by atoms with van der Waals surface area (Å²) in [6.07, 6.45) is 5.49. The van der Waals surface area contributed by atoms with Gasteiger partial charge in [0, 0.05) is 25.5 Å². The number of aryl methyl sites for hydroxylation is 2. The Morgan fingerprint density at radius 2 is 2.19 bits per heavy atom. The summed E-state index contributed by atoms with van der Waals surface area (Å²) in [5.74, 6) is 0.499. The van der Waals surface area contributed by atoms with Crippen molar-refractivity contribution >= 4 is 23.6 Å². The predicted molar refractivity (Wildman–Crippen MR) is 106 cm³/mol. The standard InChI is InChI=1S/C19H25N5O2S/c1-13-9-15(21-10-14(13)2)17(25)22-11-19(3)12-24(7-8-26-19)18-20-6-5-16(23-18)27-4/h5-6,9-10H,7-8,11-12H2,1-4H3,(H,22,25). The quantitative estimate of drug-likeness (QED) is 0.622. The van der Waals surface area contributed by atoms with E-state index in [2.05, 4.69) is 25.2 Å². The number of hydrogen-bond acceptors (Lipinski definition) is 7. The number of amides is 1. The molecule has 8 heteroatoms. The van der Waals surface area contributed by atoms with Crippen molar-refractivity contribution in [3.8, 4) is 0 Å². The van der Waals surface area contributed by atoms with Crippen molar-refractivity contribution in [2.75, 3.05) is 37.4 Å². The molecule has 1 fully saturated rings. The van der Waals surface area contributed by atoms with Crippen LogP contribution in [0.1, 0.15) is 28.5 Å². The van der Waals surface area contributed by atoms with Gasteiger partial charge < -0.3 is 15.0 Å². The Morgan fingerprint density at radius 3 is 2.93 bits per heavy atom. The van der Waals surface area contributed by atoms with Crippen LogP contribution >= 0.6 is 11.8 Å². The number of anilines is 1. The van der Waals surface area contributed by atoms with Crippen molar-refractivity contribution in [1.82, 2.24) is 20.3 Å². The number of morpholine rings is 1. The molecule has 7 nitrogen and oxygen atoms in total. The van der Waals surface area contributed by atoms with Crippen LogP contribution in [0, 0.1) is 13.8 Å². The van der Waals surface area contributed by atoms with Crippen molar-refractivity contribution in [3.05, 3.63) is 41.3 Å². The van der Waals surface area contributed by atoms with Crippen molar-refractivity contribution in [3.63, 3.8) is 0 Å². The second-order valence-corrected chi connectivity index (χ2v) is 7.78. The summed E-state index contributed by atoms with van der Waals surface area (Å²) in [5, 5.41) is 3.89. The molecule has 1 aliphatic heterocycles. The molecule has 3 heterocycles. The highest BCUT2D eigenvalue weighted by molar-refractivity contribution is 7.98. The van der Waals surface area contributed by atoms with Gasteiger partial charge in [0.25, 0.3) is 5.91 Å². The Hall–Kier alpha value is -2.19. The molecule has 144 valence electrons. The highest BCUT2D eigenvalue weighted by Crippen LogP contribution is 2.22. The van der Waals surface area contributed by atoms with E-state index in [0.717, 1.165) is 22.7 Å². The number of carbonyl (C=O) groups excluding carboxylic acids is 1. The molecule has 1 N–H and O–H groups in total. The van der Waals surface area contributed by atoms with Gasteiger partial charge in [0.2, 0.25) is 5.95 Å². The fourth-order valence-corrected chi connectivity index (χ4v) is 3.28. The number of ether oxygens (including phenoxy) is 1. The first kappa shape index (κ1) is 19.6. The number of aromatic nitrogens is 3. The van der Waals surface area contributed by atoms with Crippen LogP contribution in [-0.2, 0) is 4.74 Å². The maximum Gasteiger partial charge on any atom is 0.269 e. The molecule has 0 aromatic carbocycles. The van der Waals surface area contributed by atoms with E-state index in [9.17, 15) is 4.79 Å². The van der Waals surface area contributed by atoms with Gasteiger partial charge in [-0.05, 0) is 50.3 Å². The van der Waals surface area contributed by atoms with Crippen LogP contribution in [0.2, 0.25) is 0 Å². The third-order valence-corrected chi connectivity index (χ3v) is 5.32. The highest BCUT2D eigenvalue weighted by atomic mass is 32.2. The van der Waals surface area contributed by atoms with Crippen molar-refractivity contribution in [1.29, 1.82) is 0 Å². The summed E-state index contributed by atoms with van der Waals surface area (Å²) in [7, 11) is 0. The molecule has 2 aromatic rings. The molecule has 1 amide bonds. The molecule has 0 spiro atoms. The van der Waals surface area contributed by atoms with E-state index in [0.29, 0.717) is 31.3 Å². The molecule has 3 rings (SSSR count). The van der Waals surface area contributed by atoms with Crippen LogP contribution in [-0.4, -0.2) is 59.0 Å². The van der Waals surface area contributed by atoms with Crippen LogP contribution in [0.4, 0.5) is 5.95 Å². The summed E-state index contributed by atoms with van der Waals surface area (Å²) < 4.78 is 5.97. The zero-order valence-corrected chi connectivity index (χ0v) is 17.0. The zero-order valence-electron chi connectivity index (χ0n) is 16.2. The topological polar surface area (TPSA) is 80.2 Å². The second kappa shape index (κ2) is 8.22. The van der Waals surface area contributed by atoms with E-state index < -0.39 is 5.60 Å². The Labute approximate surface area is 163 Å². The number of carbonyl (C=O) groups is 1. The molecular weight excluding hydrogens is 362 g/mol. The number of hydrogen-bond donors (Lipinski definition) is 1. The molecule has 1 atom stereocenters. The first-order chi connectivity index (χ1) is 12.9. The van der Waals surface area contributed by atoms with Crippen molar-refractivity contribution < 1.29 is 9.53 Å². The molecule has 27 heavy (non-hydrogen) atoms. The molecule has 0 bridgehead atoms. The van der Waals surface area contributed by atoms with Crippen LogP contribution < -0.4 is 10.2 Å². The summed E-state index contributed by atoms with van der Waals surface area (Å²) in [5.41, 5.74) is 2.02. The Kier molecular flexibility index (Phi) is 5.96. The van der Waals surface area contributed by atoms with Gasteiger partial charge in [-0.2, -0.15) is 0 Å². The summed E-state index contributed by atoms with van der Waals surface area (Å²) in [6.45, 7) is 8.21. The smallest absolute Gasteiger partial charge is 0.269 e. The van der Waals surface area contributed by atoms with Crippen molar-refractivity contribution in [2.45, 2.75) is 31.4 Å². The van der Waals surface area contributed by atoms with Gasteiger partial charge in [-0.15, -0.1) is 11.8 Å². The summed E-state index contributed by atoms with van der Waals surface area (Å²) >= 11 is 1.59. The molecule has 1 unspecified atom stereocenters. The van der Waals surface area contributed by atoms with Gasteiger partial charge in [0.15, 0.2) is 0 Å². The predicted octanol–water partition coefficient (Wildman–Crippen LogP) is 2.24. The number of nitrogens with one attached hydrogen (secondary N) is 1. The highest BCUT2D eigenvalue weighted by Gasteiger charge is 2.34. The number of thioether (sulfide) groups is 1. The third-order valence-electron chi connectivity index (χ3n) is 4.67. The van der Waals surface area contributed by atoms with E-state index in [-0.39, 0.29) is 5.91 Å². The van der Waals surface area contributed by atoms with Crippen LogP contribution in [0.5, 0.6) is 0 Å². The van der Waals surface area contributed by atoms with E-state index in [4.69, 9.17) is 4.74 Å². The SMILES string of the molecule is CSc1ccnc(N2CCOC(C)(CNC(=O)c3cc(C)c(C)cn3)C2)n1. The maximum atomic E-state index is 12.5.